The van der Waals surface area contributed by atoms with E-state index < -0.39 is 11.7 Å². The van der Waals surface area contributed by atoms with Crippen molar-refractivity contribution in [3.8, 4) is 0 Å². The molecule has 96 valence electrons. The highest BCUT2D eigenvalue weighted by Crippen LogP contribution is 2.20. The van der Waals surface area contributed by atoms with Gasteiger partial charge in [-0.15, -0.1) is 0 Å². The summed E-state index contributed by atoms with van der Waals surface area (Å²) in [5.41, 5.74) is 5.29. The van der Waals surface area contributed by atoms with Gasteiger partial charge in [-0.05, 0) is 32.6 Å². The van der Waals surface area contributed by atoms with Crippen molar-refractivity contribution < 1.29 is 9.53 Å². The fraction of sp³-hybridized carbons (Fsp3) is 0.917. The minimum atomic E-state index is -0.467. The van der Waals surface area contributed by atoms with Gasteiger partial charge in [0.1, 0.15) is 5.60 Å². The molecule has 1 amide bonds. The number of rotatable bonds is 3. The number of nitrogens with one attached hydrogen (secondary N) is 1. The molecule has 0 aliphatic rings. The smallest absolute Gasteiger partial charge is 0.407 e. The summed E-state index contributed by atoms with van der Waals surface area (Å²) in [5, 5.41) is 2.79. The van der Waals surface area contributed by atoms with Crippen LogP contribution in [0, 0.1) is 5.41 Å². The molecule has 0 fully saturated rings. The van der Waals surface area contributed by atoms with Gasteiger partial charge in [-0.2, -0.15) is 0 Å². The maximum absolute atomic E-state index is 11.5. The third-order valence-electron chi connectivity index (χ3n) is 1.86. The summed E-state index contributed by atoms with van der Waals surface area (Å²) in [6.45, 7) is 12.3. The third kappa shape index (κ3) is 8.53. The van der Waals surface area contributed by atoms with Crippen molar-refractivity contribution in [2.45, 2.75) is 59.6 Å². The number of amides is 1. The quantitative estimate of drug-likeness (QED) is 0.781. The van der Waals surface area contributed by atoms with Crippen LogP contribution in [0.2, 0.25) is 0 Å². The van der Waals surface area contributed by atoms with Crippen LogP contribution in [0.4, 0.5) is 4.79 Å². The molecule has 0 aromatic rings. The van der Waals surface area contributed by atoms with Crippen molar-refractivity contribution >= 4 is 6.09 Å². The van der Waals surface area contributed by atoms with E-state index in [1.54, 1.807) is 0 Å². The Balaban J connectivity index is 4.18. The second kappa shape index (κ2) is 5.53. The molecule has 1 atom stereocenters. The van der Waals surface area contributed by atoms with Crippen molar-refractivity contribution in [2.75, 3.05) is 6.54 Å². The SMILES string of the molecule is CC(C)(C)C[C@@H](CN)NC(=O)OC(C)(C)C. The Morgan fingerprint density at radius 3 is 2.06 bits per heavy atom. The second-order valence-electron chi connectivity index (χ2n) is 6.34. The lowest BCUT2D eigenvalue weighted by Gasteiger charge is -2.27. The van der Waals surface area contributed by atoms with Crippen LogP contribution in [-0.2, 0) is 4.74 Å². The first-order chi connectivity index (χ1) is 7.03. The lowest BCUT2D eigenvalue weighted by molar-refractivity contribution is 0.0495. The Bertz CT molecular complexity index is 226. The molecule has 0 rings (SSSR count). The molecular weight excluding hydrogens is 204 g/mol. The van der Waals surface area contributed by atoms with E-state index >= 15 is 0 Å². The minimum Gasteiger partial charge on any atom is -0.444 e. The van der Waals surface area contributed by atoms with Crippen molar-refractivity contribution in [1.29, 1.82) is 0 Å². The Labute approximate surface area is 98.9 Å². The van der Waals surface area contributed by atoms with Gasteiger partial charge in [-0.1, -0.05) is 20.8 Å². The molecule has 0 aromatic heterocycles. The van der Waals surface area contributed by atoms with Gasteiger partial charge in [0.25, 0.3) is 0 Å². The Morgan fingerprint density at radius 1 is 1.25 bits per heavy atom. The molecule has 4 heteroatoms. The predicted octanol–water partition coefficient (Wildman–Crippen LogP) is 2.27. The maximum atomic E-state index is 11.5. The monoisotopic (exact) mass is 230 g/mol. The van der Waals surface area contributed by atoms with E-state index in [4.69, 9.17) is 10.5 Å². The van der Waals surface area contributed by atoms with Crippen molar-refractivity contribution in [3.05, 3.63) is 0 Å². The van der Waals surface area contributed by atoms with E-state index in [0.29, 0.717) is 6.54 Å². The summed E-state index contributed by atoms with van der Waals surface area (Å²) >= 11 is 0. The van der Waals surface area contributed by atoms with Gasteiger partial charge in [0.05, 0.1) is 0 Å². The molecule has 0 heterocycles. The van der Waals surface area contributed by atoms with Crippen LogP contribution >= 0.6 is 0 Å². The van der Waals surface area contributed by atoms with Gasteiger partial charge in [0, 0.05) is 12.6 Å². The molecular formula is C12H26N2O2. The molecule has 0 spiro atoms. The molecule has 16 heavy (non-hydrogen) atoms. The van der Waals surface area contributed by atoms with Gasteiger partial charge in [-0.3, -0.25) is 0 Å². The van der Waals surface area contributed by atoms with Gasteiger partial charge < -0.3 is 15.8 Å². The second-order valence-corrected chi connectivity index (χ2v) is 6.34. The molecule has 0 aliphatic heterocycles. The molecule has 3 N–H and O–H groups in total. The molecule has 0 saturated heterocycles. The van der Waals surface area contributed by atoms with E-state index in [1.807, 2.05) is 20.8 Å². The molecule has 4 nitrogen and oxygen atoms in total. The highest BCUT2D eigenvalue weighted by atomic mass is 16.6. The first kappa shape index (κ1) is 15.2. The van der Waals surface area contributed by atoms with Crippen molar-refractivity contribution in [1.82, 2.24) is 5.32 Å². The van der Waals surface area contributed by atoms with Crippen molar-refractivity contribution in [2.24, 2.45) is 11.1 Å². The largest absolute Gasteiger partial charge is 0.444 e. The number of alkyl carbamates (subject to hydrolysis) is 1. The van der Waals surface area contributed by atoms with Crippen LogP contribution in [0.5, 0.6) is 0 Å². The molecule has 0 aromatic carbocycles. The van der Waals surface area contributed by atoms with E-state index in [-0.39, 0.29) is 11.5 Å². The molecule has 0 saturated carbocycles. The first-order valence-electron chi connectivity index (χ1n) is 5.73. The van der Waals surface area contributed by atoms with Gasteiger partial charge in [0.15, 0.2) is 0 Å². The Morgan fingerprint density at radius 2 is 1.75 bits per heavy atom. The number of nitrogens with two attached hydrogens (primary N) is 1. The highest BCUT2D eigenvalue weighted by molar-refractivity contribution is 5.68. The Hall–Kier alpha value is -0.770. The zero-order valence-corrected chi connectivity index (χ0v) is 11.4. The zero-order chi connectivity index (χ0) is 13.0. The first-order valence-corrected chi connectivity index (χ1v) is 5.73. The normalized spacial score (nSPS) is 14.4. The van der Waals surface area contributed by atoms with Crippen LogP contribution in [0.25, 0.3) is 0 Å². The number of carbonyl (C=O) groups is 1. The van der Waals surface area contributed by atoms with Crippen LogP contribution in [0.3, 0.4) is 0 Å². The van der Waals surface area contributed by atoms with Crippen molar-refractivity contribution in [3.63, 3.8) is 0 Å². The number of carbonyl (C=O) groups excluding carboxylic acids is 1. The van der Waals surface area contributed by atoms with Crippen LogP contribution in [0.1, 0.15) is 48.0 Å². The van der Waals surface area contributed by atoms with Crippen LogP contribution in [-0.4, -0.2) is 24.3 Å². The fourth-order valence-corrected chi connectivity index (χ4v) is 1.41. The molecule has 0 unspecified atom stereocenters. The fourth-order valence-electron chi connectivity index (χ4n) is 1.41. The highest BCUT2D eigenvalue weighted by Gasteiger charge is 2.22. The average Bonchev–Trinajstić information content (AvgIpc) is 1.96. The zero-order valence-electron chi connectivity index (χ0n) is 11.4. The van der Waals surface area contributed by atoms with E-state index in [0.717, 1.165) is 6.42 Å². The van der Waals surface area contributed by atoms with E-state index in [9.17, 15) is 4.79 Å². The van der Waals surface area contributed by atoms with Gasteiger partial charge in [0.2, 0.25) is 0 Å². The summed E-state index contributed by atoms with van der Waals surface area (Å²) in [4.78, 5) is 11.5. The average molecular weight is 230 g/mol. The van der Waals surface area contributed by atoms with Crippen LogP contribution in [0.15, 0.2) is 0 Å². The topological polar surface area (TPSA) is 64.3 Å². The maximum Gasteiger partial charge on any atom is 0.407 e. The standard InChI is InChI=1S/C12H26N2O2/c1-11(2,3)7-9(8-13)14-10(15)16-12(4,5)6/h9H,7-8,13H2,1-6H3,(H,14,15)/t9-/m0/s1. The third-order valence-corrected chi connectivity index (χ3v) is 1.86. The molecule has 0 radical (unpaired) electrons. The van der Waals surface area contributed by atoms with E-state index in [2.05, 4.69) is 26.1 Å². The molecule has 0 aliphatic carbocycles. The lowest BCUT2D eigenvalue weighted by Crippen LogP contribution is -2.44. The summed E-state index contributed by atoms with van der Waals surface area (Å²) < 4.78 is 5.18. The number of ether oxygens (including phenoxy) is 1. The molecule has 0 bridgehead atoms. The summed E-state index contributed by atoms with van der Waals surface area (Å²) in [5.74, 6) is 0. The lowest BCUT2D eigenvalue weighted by atomic mass is 9.88. The summed E-state index contributed by atoms with van der Waals surface area (Å²) in [6.07, 6.45) is 0.440. The van der Waals surface area contributed by atoms with Gasteiger partial charge in [-0.25, -0.2) is 4.79 Å². The number of hydrogen-bond donors (Lipinski definition) is 2. The summed E-state index contributed by atoms with van der Waals surface area (Å²) in [7, 11) is 0. The number of hydrogen-bond acceptors (Lipinski definition) is 3. The predicted molar refractivity (Wildman–Crippen MR) is 66.3 cm³/mol. The Kier molecular flexibility index (Phi) is 5.26. The van der Waals surface area contributed by atoms with E-state index in [1.165, 1.54) is 0 Å². The summed E-state index contributed by atoms with van der Waals surface area (Å²) in [6, 6.07) is -0.0325. The minimum absolute atomic E-state index is 0.0325. The van der Waals surface area contributed by atoms with Crippen LogP contribution < -0.4 is 11.1 Å². The van der Waals surface area contributed by atoms with Gasteiger partial charge >= 0.3 is 6.09 Å².